The molecule has 0 aromatic heterocycles. The first kappa shape index (κ1) is 22.1. The quantitative estimate of drug-likeness (QED) is 0.509. The third kappa shape index (κ3) is 5.21. The summed E-state index contributed by atoms with van der Waals surface area (Å²) in [6.07, 6.45) is 3.80. The fraction of sp³-hybridized carbons (Fsp3) is 0.345. The maximum atomic E-state index is 13.6. The van der Waals surface area contributed by atoms with Crippen molar-refractivity contribution in [1.82, 2.24) is 4.90 Å². The van der Waals surface area contributed by atoms with Gasteiger partial charge in [0.2, 0.25) is 0 Å². The average Bonchev–Trinajstić information content (AvgIpc) is 2.79. The van der Waals surface area contributed by atoms with Gasteiger partial charge < -0.3 is 10.2 Å². The second kappa shape index (κ2) is 10.0. The van der Waals surface area contributed by atoms with Crippen LogP contribution in [0.25, 0.3) is 0 Å². The van der Waals surface area contributed by atoms with Crippen LogP contribution in [0.4, 0.5) is 5.69 Å². The Morgan fingerprint density at radius 3 is 2.38 bits per heavy atom. The minimum absolute atomic E-state index is 0.158. The average molecular weight is 427 g/mol. The van der Waals surface area contributed by atoms with Crippen molar-refractivity contribution < 1.29 is 4.79 Å². The number of piperidine rings is 1. The Balaban J connectivity index is 1.57. The molecule has 3 heteroatoms. The van der Waals surface area contributed by atoms with Crippen molar-refractivity contribution in [1.29, 1.82) is 0 Å². The molecule has 0 aliphatic carbocycles. The highest BCUT2D eigenvalue weighted by atomic mass is 16.2. The Bertz CT molecular complexity index is 1040. The first-order valence-corrected chi connectivity index (χ1v) is 11.8. The number of hydrogen-bond donors (Lipinski definition) is 1. The molecule has 1 aliphatic heterocycles. The molecule has 32 heavy (non-hydrogen) atoms. The monoisotopic (exact) mass is 426 g/mol. The second-order valence-corrected chi connectivity index (χ2v) is 9.09. The molecule has 1 saturated heterocycles. The lowest BCUT2D eigenvalue weighted by Gasteiger charge is -2.40. The standard InChI is InChI=1S/C29H34N2O/c1-4-24-12-8-9-13-28(24)30-26-14-15-31(27(20-26)19-23-10-6-5-7-11-23)29(32)25-17-21(2)16-22(3)18-25/h5-13,16-18,26-27,30H,4,14-15,19-20H2,1-3H3/t26-,27-/m0/s1. The first-order chi connectivity index (χ1) is 15.5. The summed E-state index contributed by atoms with van der Waals surface area (Å²) in [5, 5.41) is 3.80. The zero-order chi connectivity index (χ0) is 22.5. The van der Waals surface area contributed by atoms with E-state index in [1.54, 1.807) is 0 Å². The fourth-order valence-electron chi connectivity index (χ4n) is 4.98. The summed E-state index contributed by atoms with van der Waals surface area (Å²) in [6, 6.07) is 25.8. The van der Waals surface area contributed by atoms with Crippen molar-refractivity contribution in [3.05, 3.63) is 101 Å². The number of carbonyl (C=O) groups is 1. The largest absolute Gasteiger partial charge is 0.382 e. The van der Waals surface area contributed by atoms with E-state index in [4.69, 9.17) is 0 Å². The van der Waals surface area contributed by atoms with Crippen molar-refractivity contribution in [2.24, 2.45) is 0 Å². The summed E-state index contributed by atoms with van der Waals surface area (Å²) in [7, 11) is 0. The molecule has 3 nitrogen and oxygen atoms in total. The van der Waals surface area contributed by atoms with Crippen LogP contribution in [0.1, 0.15) is 52.4 Å². The lowest BCUT2D eigenvalue weighted by atomic mass is 9.90. The number of aryl methyl sites for hydroxylation is 3. The molecule has 0 spiro atoms. The SMILES string of the molecule is CCc1ccccc1N[C@H]1CCN(C(=O)c2cc(C)cc(C)c2)[C@@H](Cc2ccccc2)C1. The van der Waals surface area contributed by atoms with Gasteiger partial charge in [-0.2, -0.15) is 0 Å². The number of nitrogens with one attached hydrogen (secondary N) is 1. The fourth-order valence-corrected chi connectivity index (χ4v) is 4.98. The van der Waals surface area contributed by atoms with Crippen molar-refractivity contribution >= 4 is 11.6 Å². The molecule has 1 heterocycles. The molecule has 2 atom stereocenters. The molecule has 1 N–H and O–H groups in total. The number of benzene rings is 3. The summed E-state index contributed by atoms with van der Waals surface area (Å²) in [5.41, 5.74) is 6.95. The summed E-state index contributed by atoms with van der Waals surface area (Å²) >= 11 is 0. The van der Waals surface area contributed by atoms with E-state index in [9.17, 15) is 4.79 Å². The Hall–Kier alpha value is -3.07. The third-order valence-electron chi connectivity index (χ3n) is 6.52. The number of carbonyl (C=O) groups excluding carboxylic acids is 1. The maximum Gasteiger partial charge on any atom is 0.254 e. The first-order valence-electron chi connectivity index (χ1n) is 11.8. The van der Waals surface area contributed by atoms with Crippen molar-refractivity contribution in [3.63, 3.8) is 0 Å². The smallest absolute Gasteiger partial charge is 0.254 e. The minimum atomic E-state index is 0.158. The molecule has 1 fully saturated rings. The number of nitrogens with zero attached hydrogens (tertiary/aromatic N) is 1. The van der Waals surface area contributed by atoms with Crippen LogP contribution >= 0.6 is 0 Å². The zero-order valence-electron chi connectivity index (χ0n) is 19.5. The Morgan fingerprint density at radius 1 is 0.969 bits per heavy atom. The topological polar surface area (TPSA) is 32.3 Å². The third-order valence-corrected chi connectivity index (χ3v) is 6.52. The van der Waals surface area contributed by atoms with Gasteiger partial charge in [-0.3, -0.25) is 4.79 Å². The van der Waals surface area contributed by atoms with Crippen molar-refractivity contribution in [2.75, 3.05) is 11.9 Å². The van der Waals surface area contributed by atoms with Gasteiger partial charge in [-0.25, -0.2) is 0 Å². The predicted molar refractivity (Wildman–Crippen MR) is 133 cm³/mol. The molecule has 3 aromatic rings. The number of anilines is 1. The molecule has 166 valence electrons. The van der Waals surface area contributed by atoms with Crippen LogP contribution in [0.5, 0.6) is 0 Å². The van der Waals surface area contributed by atoms with E-state index in [-0.39, 0.29) is 11.9 Å². The van der Waals surface area contributed by atoms with Crippen LogP contribution in [0, 0.1) is 13.8 Å². The van der Waals surface area contributed by atoms with E-state index >= 15 is 0 Å². The van der Waals surface area contributed by atoms with Crippen LogP contribution in [-0.2, 0) is 12.8 Å². The van der Waals surface area contributed by atoms with Gasteiger partial charge in [0.15, 0.2) is 0 Å². The van der Waals surface area contributed by atoms with Crippen LogP contribution < -0.4 is 5.32 Å². The lowest BCUT2D eigenvalue weighted by molar-refractivity contribution is 0.0602. The van der Waals surface area contributed by atoms with Gasteiger partial charge in [0.05, 0.1) is 0 Å². The highest BCUT2D eigenvalue weighted by Crippen LogP contribution is 2.27. The molecule has 1 amide bonds. The van der Waals surface area contributed by atoms with Gasteiger partial charge in [-0.1, -0.05) is 72.6 Å². The maximum absolute atomic E-state index is 13.6. The highest BCUT2D eigenvalue weighted by Gasteiger charge is 2.32. The summed E-state index contributed by atoms with van der Waals surface area (Å²) in [6.45, 7) is 7.10. The molecular formula is C29H34N2O. The predicted octanol–water partition coefficient (Wildman–Crippen LogP) is 6.19. The van der Waals surface area contributed by atoms with Gasteiger partial charge in [0.25, 0.3) is 5.91 Å². The van der Waals surface area contributed by atoms with Crippen LogP contribution in [0.15, 0.2) is 72.8 Å². The van der Waals surface area contributed by atoms with Gasteiger partial charge in [0, 0.05) is 29.9 Å². The number of likely N-dealkylation sites (tertiary alicyclic amines) is 1. The highest BCUT2D eigenvalue weighted by molar-refractivity contribution is 5.95. The zero-order valence-corrected chi connectivity index (χ0v) is 19.5. The number of amides is 1. The van der Waals surface area contributed by atoms with Gasteiger partial charge in [-0.15, -0.1) is 0 Å². The number of para-hydroxylation sites is 1. The van der Waals surface area contributed by atoms with Gasteiger partial charge in [0.1, 0.15) is 0 Å². The van der Waals surface area contributed by atoms with Gasteiger partial charge in [-0.05, 0) is 68.9 Å². The molecule has 1 aliphatic rings. The van der Waals surface area contributed by atoms with E-state index in [0.717, 1.165) is 48.9 Å². The molecule has 0 saturated carbocycles. The van der Waals surface area contributed by atoms with E-state index in [0.29, 0.717) is 6.04 Å². The summed E-state index contributed by atoms with van der Waals surface area (Å²) in [5.74, 6) is 0.158. The van der Waals surface area contributed by atoms with Crippen LogP contribution in [-0.4, -0.2) is 29.4 Å². The summed E-state index contributed by atoms with van der Waals surface area (Å²) < 4.78 is 0. The Kier molecular flexibility index (Phi) is 6.94. The number of hydrogen-bond acceptors (Lipinski definition) is 2. The van der Waals surface area contributed by atoms with E-state index in [1.165, 1.54) is 16.8 Å². The minimum Gasteiger partial charge on any atom is -0.382 e. The molecule has 0 radical (unpaired) electrons. The Morgan fingerprint density at radius 2 is 1.66 bits per heavy atom. The van der Waals surface area contributed by atoms with Crippen LogP contribution in [0.2, 0.25) is 0 Å². The van der Waals surface area contributed by atoms with Crippen LogP contribution in [0.3, 0.4) is 0 Å². The summed E-state index contributed by atoms with van der Waals surface area (Å²) in [4.78, 5) is 15.7. The lowest BCUT2D eigenvalue weighted by Crippen LogP contribution is -2.50. The van der Waals surface area contributed by atoms with E-state index in [1.807, 2.05) is 12.1 Å². The molecule has 4 rings (SSSR count). The van der Waals surface area contributed by atoms with Gasteiger partial charge >= 0.3 is 0 Å². The van der Waals surface area contributed by atoms with Crippen molar-refractivity contribution in [2.45, 2.75) is 58.5 Å². The van der Waals surface area contributed by atoms with Crippen molar-refractivity contribution in [3.8, 4) is 0 Å². The van der Waals surface area contributed by atoms with E-state index < -0.39 is 0 Å². The second-order valence-electron chi connectivity index (χ2n) is 9.09. The normalized spacial score (nSPS) is 18.4. The number of rotatable bonds is 6. The Labute approximate surface area is 192 Å². The molecule has 0 bridgehead atoms. The molecule has 3 aromatic carbocycles. The molecule has 0 unspecified atom stereocenters. The molecular weight excluding hydrogens is 392 g/mol. The van der Waals surface area contributed by atoms with E-state index in [2.05, 4.69) is 91.7 Å².